The first-order valence-electron chi connectivity index (χ1n) is 4.77. The summed E-state index contributed by atoms with van der Waals surface area (Å²) >= 11 is 0. The highest BCUT2D eigenvalue weighted by molar-refractivity contribution is 4.99. The molecule has 12 heavy (non-hydrogen) atoms. The van der Waals surface area contributed by atoms with Gasteiger partial charge in [-0.1, -0.05) is 0 Å². The predicted octanol–water partition coefficient (Wildman–Crippen LogP) is 0.720. The average molecular weight is 170 g/mol. The van der Waals surface area contributed by atoms with Gasteiger partial charge in [0, 0.05) is 0 Å². The normalized spacial score (nSPS) is 55.2. The van der Waals surface area contributed by atoms with Crippen molar-refractivity contribution in [1.29, 1.82) is 0 Å². The van der Waals surface area contributed by atoms with Gasteiger partial charge in [-0.15, -0.1) is 0 Å². The number of hydrogen-bond acceptors (Lipinski definition) is 3. The fraction of sp³-hybridized carbons (Fsp3) is 1.00. The van der Waals surface area contributed by atoms with E-state index in [2.05, 4.69) is 6.92 Å². The molecule has 3 rings (SSSR count). The van der Waals surface area contributed by atoms with Gasteiger partial charge in [0.1, 0.15) is 12.2 Å². The second kappa shape index (κ2) is 2.44. The van der Waals surface area contributed by atoms with Crippen molar-refractivity contribution in [3.63, 3.8) is 0 Å². The Morgan fingerprint density at radius 3 is 2.67 bits per heavy atom. The van der Waals surface area contributed by atoms with Gasteiger partial charge in [0.2, 0.25) is 0 Å². The standard InChI is InChI=1S/C9H14O3/c1-5-8(11-5)4-10-6-2-3-7-9(6)12-7/h5-9H,2-4H2,1H3. The molecule has 0 aromatic rings. The minimum Gasteiger partial charge on any atom is -0.373 e. The van der Waals surface area contributed by atoms with E-state index < -0.39 is 0 Å². The van der Waals surface area contributed by atoms with E-state index in [4.69, 9.17) is 14.2 Å². The van der Waals surface area contributed by atoms with Crippen molar-refractivity contribution in [3.8, 4) is 0 Å². The van der Waals surface area contributed by atoms with Gasteiger partial charge in [-0.25, -0.2) is 0 Å². The fourth-order valence-electron chi connectivity index (χ4n) is 2.01. The molecule has 5 atom stereocenters. The summed E-state index contributed by atoms with van der Waals surface area (Å²) in [5.74, 6) is 0. The van der Waals surface area contributed by atoms with Crippen molar-refractivity contribution in [2.24, 2.45) is 0 Å². The molecule has 3 fully saturated rings. The van der Waals surface area contributed by atoms with Gasteiger partial charge in [-0.05, 0) is 19.8 Å². The van der Waals surface area contributed by atoms with E-state index in [1.54, 1.807) is 0 Å². The highest BCUT2D eigenvalue weighted by Crippen LogP contribution is 2.40. The maximum absolute atomic E-state index is 5.70. The average Bonchev–Trinajstić information content (AvgIpc) is 2.94. The molecule has 0 spiro atoms. The van der Waals surface area contributed by atoms with Crippen molar-refractivity contribution >= 4 is 0 Å². The second-order valence-electron chi connectivity index (χ2n) is 3.97. The highest BCUT2D eigenvalue weighted by atomic mass is 16.6. The molecule has 5 unspecified atom stereocenters. The minimum absolute atomic E-state index is 0.364. The topological polar surface area (TPSA) is 34.3 Å². The largest absolute Gasteiger partial charge is 0.373 e. The Morgan fingerprint density at radius 1 is 1.33 bits per heavy atom. The maximum Gasteiger partial charge on any atom is 0.110 e. The van der Waals surface area contributed by atoms with Crippen LogP contribution in [0, 0.1) is 0 Å². The molecule has 0 aromatic carbocycles. The van der Waals surface area contributed by atoms with Crippen LogP contribution in [0.15, 0.2) is 0 Å². The Hall–Kier alpha value is -0.120. The SMILES string of the molecule is CC1OC1COC1CCC2OC12. The molecule has 0 bridgehead atoms. The van der Waals surface area contributed by atoms with Gasteiger partial charge in [0.15, 0.2) is 0 Å². The first kappa shape index (κ1) is 7.30. The molecule has 1 saturated carbocycles. The lowest BCUT2D eigenvalue weighted by molar-refractivity contribution is 0.0190. The third kappa shape index (κ3) is 1.16. The summed E-state index contributed by atoms with van der Waals surface area (Å²) in [6, 6.07) is 0. The molecule has 2 heterocycles. The van der Waals surface area contributed by atoms with Crippen LogP contribution in [0.5, 0.6) is 0 Å². The Labute approximate surface area is 72.0 Å². The summed E-state index contributed by atoms with van der Waals surface area (Å²) in [4.78, 5) is 0. The fourth-order valence-corrected chi connectivity index (χ4v) is 2.01. The molecule has 0 N–H and O–H groups in total. The minimum atomic E-state index is 0.364. The Kier molecular flexibility index (Phi) is 1.48. The smallest absolute Gasteiger partial charge is 0.110 e. The second-order valence-corrected chi connectivity index (χ2v) is 3.97. The summed E-state index contributed by atoms with van der Waals surface area (Å²) in [6.45, 7) is 2.84. The van der Waals surface area contributed by atoms with Crippen molar-refractivity contribution < 1.29 is 14.2 Å². The molecule has 3 nitrogen and oxygen atoms in total. The number of ether oxygens (including phenoxy) is 3. The van der Waals surface area contributed by atoms with Crippen LogP contribution in [0.1, 0.15) is 19.8 Å². The van der Waals surface area contributed by atoms with Gasteiger partial charge in [0.25, 0.3) is 0 Å². The van der Waals surface area contributed by atoms with Gasteiger partial charge < -0.3 is 14.2 Å². The summed E-state index contributed by atoms with van der Waals surface area (Å²) in [5.41, 5.74) is 0. The molecule has 68 valence electrons. The van der Waals surface area contributed by atoms with Gasteiger partial charge in [-0.3, -0.25) is 0 Å². The monoisotopic (exact) mass is 170 g/mol. The molecule has 0 aromatic heterocycles. The molecule has 0 amide bonds. The van der Waals surface area contributed by atoms with Crippen LogP contribution in [0.25, 0.3) is 0 Å². The maximum atomic E-state index is 5.70. The van der Waals surface area contributed by atoms with Crippen LogP contribution in [0.3, 0.4) is 0 Å². The van der Waals surface area contributed by atoms with E-state index in [1.807, 2.05) is 0 Å². The molecular formula is C9H14O3. The molecule has 1 aliphatic carbocycles. The third-order valence-electron chi connectivity index (χ3n) is 3.03. The van der Waals surface area contributed by atoms with E-state index in [9.17, 15) is 0 Å². The van der Waals surface area contributed by atoms with Gasteiger partial charge >= 0.3 is 0 Å². The number of fused-ring (bicyclic) bond motifs is 1. The van der Waals surface area contributed by atoms with Crippen molar-refractivity contribution in [2.45, 2.75) is 50.3 Å². The molecular weight excluding hydrogens is 156 g/mol. The zero-order chi connectivity index (χ0) is 8.13. The Balaban J connectivity index is 1.43. The molecule has 3 heteroatoms. The van der Waals surface area contributed by atoms with E-state index in [0.717, 1.165) is 6.61 Å². The van der Waals surface area contributed by atoms with E-state index in [-0.39, 0.29) is 0 Å². The molecule has 0 radical (unpaired) electrons. The van der Waals surface area contributed by atoms with E-state index >= 15 is 0 Å². The van der Waals surface area contributed by atoms with Crippen LogP contribution in [0.4, 0.5) is 0 Å². The molecule has 2 saturated heterocycles. The quantitative estimate of drug-likeness (QED) is 0.585. The van der Waals surface area contributed by atoms with Crippen molar-refractivity contribution in [3.05, 3.63) is 0 Å². The summed E-state index contributed by atoms with van der Waals surface area (Å²) in [7, 11) is 0. The lowest BCUT2D eigenvalue weighted by Crippen LogP contribution is -2.19. The van der Waals surface area contributed by atoms with Crippen LogP contribution >= 0.6 is 0 Å². The number of epoxide rings is 2. The first-order valence-corrected chi connectivity index (χ1v) is 4.77. The van der Waals surface area contributed by atoms with Crippen LogP contribution in [-0.2, 0) is 14.2 Å². The summed E-state index contributed by atoms with van der Waals surface area (Å²) in [5, 5.41) is 0. The Morgan fingerprint density at radius 2 is 2.17 bits per heavy atom. The predicted molar refractivity (Wildman–Crippen MR) is 42.0 cm³/mol. The third-order valence-corrected chi connectivity index (χ3v) is 3.03. The zero-order valence-electron chi connectivity index (χ0n) is 7.23. The van der Waals surface area contributed by atoms with Gasteiger partial charge in [0.05, 0.1) is 24.9 Å². The number of rotatable bonds is 3. The molecule has 3 aliphatic rings. The first-order chi connectivity index (χ1) is 5.84. The Bertz CT molecular complexity index is 194. The summed E-state index contributed by atoms with van der Waals surface area (Å²) in [6.07, 6.45) is 4.48. The van der Waals surface area contributed by atoms with Crippen LogP contribution in [0.2, 0.25) is 0 Å². The van der Waals surface area contributed by atoms with Gasteiger partial charge in [-0.2, -0.15) is 0 Å². The van der Waals surface area contributed by atoms with E-state index in [0.29, 0.717) is 30.5 Å². The zero-order valence-corrected chi connectivity index (χ0v) is 7.23. The van der Waals surface area contributed by atoms with Crippen LogP contribution < -0.4 is 0 Å². The van der Waals surface area contributed by atoms with Crippen LogP contribution in [-0.4, -0.2) is 37.1 Å². The summed E-state index contributed by atoms with van der Waals surface area (Å²) < 4.78 is 16.3. The van der Waals surface area contributed by atoms with Crippen molar-refractivity contribution in [2.75, 3.05) is 6.61 Å². The highest BCUT2D eigenvalue weighted by Gasteiger charge is 2.51. The van der Waals surface area contributed by atoms with E-state index in [1.165, 1.54) is 12.8 Å². The molecule has 2 aliphatic heterocycles. The number of hydrogen-bond donors (Lipinski definition) is 0. The lowest BCUT2D eigenvalue weighted by atomic mass is 10.3. The van der Waals surface area contributed by atoms with Crippen molar-refractivity contribution in [1.82, 2.24) is 0 Å². The lowest BCUT2D eigenvalue weighted by Gasteiger charge is -2.10.